The van der Waals surface area contributed by atoms with Crippen molar-refractivity contribution in [1.29, 1.82) is 0 Å². The first kappa shape index (κ1) is 15.5. The molecule has 0 amide bonds. The lowest BCUT2D eigenvalue weighted by Crippen LogP contribution is -1.98. The van der Waals surface area contributed by atoms with Gasteiger partial charge >= 0.3 is 0 Å². The first-order valence-corrected chi connectivity index (χ1v) is 7.27. The molecule has 0 unspecified atom stereocenters. The van der Waals surface area contributed by atoms with Gasteiger partial charge < -0.3 is 5.11 Å². The maximum atomic E-state index is 12.1. The number of aromatic nitrogens is 4. The highest BCUT2D eigenvalue weighted by atomic mass is 19.1. The van der Waals surface area contributed by atoms with E-state index < -0.39 is 5.82 Å². The average Bonchev–Trinajstić information content (AvgIpc) is 3.32. The molecule has 2 aromatic carbocycles. The molecule has 0 saturated heterocycles. The molecule has 2 heterocycles. The number of para-hydroxylation sites is 1. The van der Waals surface area contributed by atoms with Crippen LogP contribution in [0.5, 0.6) is 5.75 Å². The van der Waals surface area contributed by atoms with Crippen molar-refractivity contribution in [1.82, 2.24) is 19.6 Å². The zero-order chi connectivity index (χ0) is 16.8. The Hall–Kier alpha value is -3.41. The lowest BCUT2D eigenvalue weighted by atomic mass is 10.3. The van der Waals surface area contributed by atoms with Crippen LogP contribution in [0.2, 0.25) is 0 Å². The summed E-state index contributed by atoms with van der Waals surface area (Å²) in [7, 11) is 0. The molecule has 0 saturated carbocycles. The molecule has 0 radical (unpaired) electrons. The molecule has 120 valence electrons. The lowest BCUT2D eigenvalue weighted by Gasteiger charge is -2.05. The van der Waals surface area contributed by atoms with Gasteiger partial charge in [0, 0.05) is 24.8 Å². The molecule has 24 heavy (non-hydrogen) atoms. The molecule has 5 nitrogen and oxygen atoms in total. The van der Waals surface area contributed by atoms with E-state index in [1.165, 1.54) is 18.2 Å². The van der Waals surface area contributed by atoms with Crippen molar-refractivity contribution in [3.05, 3.63) is 91.3 Å². The Bertz CT molecular complexity index is 819. The average molecular weight is 322 g/mol. The quantitative estimate of drug-likeness (QED) is 0.613. The Morgan fingerprint density at radius 2 is 1.33 bits per heavy atom. The summed E-state index contributed by atoms with van der Waals surface area (Å²) in [6, 6.07) is 17.5. The zero-order valence-corrected chi connectivity index (χ0v) is 12.7. The van der Waals surface area contributed by atoms with E-state index in [0.717, 1.165) is 11.4 Å². The lowest BCUT2D eigenvalue weighted by molar-refractivity contribution is 0.432. The van der Waals surface area contributed by atoms with Crippen LogP contribution in [-0.4, -0.2) is 24.7 Å². The Labute approximate surface area is 138 Å². The van der Waals surface area contributed by atoms with E-state index in [2.05, 4.69) is 10.2 Å². The molecule has 0 fully saturated rings. The number of phenolic OH excluding ortho intramolecular Hbond substituents is 1. The number of aromatic hydroxyl groups is 1. The van der Waals surface area contributed by atoms with E-state index in [1.54, 1.807) is 18.5 Å². The van der Waals surface area contributed by atoms with Crippen molar-refractivity contribution in [2.45, 2.75) is 0 Å². The molecule has 2 aromatic heterocycles. The minimum atomic E-state index is -0.576. The van der Waals surface area contributed by atoms with Crippen LogP contribution in [0.25, 0.3) is 11.4 Å². The normalized spacial score (nSPS) is 10.0. The standard InChI is InChI=1S/C12H10N4.C6H5FO/c1-4-11(15-8-2-6-13-15)10-12(5-1)16-9-3-7-14-16;7-5-3-1-2-4-6(5)8/h1-10H;1-4,8H. The van der Waals surface area contributed by atoms with Gasteiger partial charge in [0.05, 0.1) is 11.4 Å². The Kier molecular flexibility index (Phi) is 4.67. The highest BCUT2D eigenvalue weighted by molar-refractivity contribution is 5.42. The first-order valence-electron chi connectivity index (χ1n) is 7.27. The monoisotopic (exact) mass is 322 g/mol. The number of hydrogen-bond acceptors (Lipinski definition) is 3. The van der Waals surface area contributed by atoms with E-state index in [1.807, 2.05) is 58.2 Å². The third-order valence-electron chi connectivity index (χ3n) is 3.22. The summed E-state index contributed by atoms with van der Waals surface area (Å²) in [5, 5.41) is 16.9. The molecule has 0 aliphatic heterocycles. The van der Waals surface area contributed by atoms with Gasteiger partial charge in [-0.05, 0) is 42.5 Å². The fourth-order valence-electron chi connectivity index (χ4n) is 2.07. The van der Waals surface area contributed by atoms with Crippen molar-refractivity contribution in [2.75, 3.05) is 0 Å². The van der Waals surface area contributed by atoms with Crippen LogP contribution in [0.1, 0.15) is 0 Å². The van der Waals surface area contributed by atoms with Gasteiger partial charge in [-0.3, -0.25) is 0 Å². The van der Waals surface area contributed by atoms with E-state index in [4.69, 9.17) is 5.11 Å². The molecule has 4 aromatic rings. The van der Waals surface area contributed by atoms with Crippen molar-refractivity contribution < 1.29 is 9.50 Å². The molecule has 4 rings (SSSR count). The predicted molar refractivity (Wildman–Crippen MR) is 88.8 cm³/mol. The molecule has 1 N–H and O–H groups in total. The smallest absolute Gasteiger partial charge is 0.164 e. The summed E-state index contributed by atoms with van der Waals surface area (Å²) in [5.41, 5.74) is 2.05. The molecule has 0 spiro atoms. The van der Waals surface area contributed by atoms with E-state index >= 15 is 0 Å². The Morgan fingerprint density at radius 1 is 0.750 bits per heavy atom. The Morgan fingerprint density at radius 3 is 1.75 bits per heavy atom. The highest BCUT2D eigenvalue weighted by Crippen LogP contribution is 2.12. The topological polar surface area (TPSA) is 55.9 Å². The summed E-state index contributed by atoms with van der Waals surface area (Å²) in [6.07, 6.45) is 7.37. The van der Waals surface area contributed by atoms with Gasteiger partial charge in [-0.15, -0.1) is 0 Å². The summed E-state index contributed by atoms with van der Waals surface area (Å²) >= 11 is 0. The fraction of sp³-hybridized carbons (Fsp3) is 0. The van der Waals surface area contributed by atoms with Gasteiger partial charge in [0.1, 0.15) is 0 Å². The molecule has 0 aliphatic carbocycles. The van der Waals surface area contributed by atoms with E-state index in [0.29, 0.717) is 0 Å². The molecular formula is C18H15FN4O. The molecule has 0 atom stereocenters. The Balaban J connectivity index is 0.000000179. The first-order chi connectivity index (χ1) is 11.7. The molecule has 0 bridgehead atoms. The minimum absolute atomic E-state index is 0.299. The number of hydrogen-bond donors (Lipinski definition) is 1. The summed E-state index contributed by atoms with van der Waals surface area (Å²) in [6.45, 7) is 0. The second kappa shape index (κ2) is 7.23. The highest BCUT2D eigenvalue weighted by Gasteiger charge is 1.99. The number of benzene rings is 2. The van der Waals surface area contributed by atoms with Crippen LogP contribution in [0.3, 0.4) is 0 Å². The van der Waals surface area contributed by atoms with Crippen molar-refractivity contribution in [3.8, 4) is 17.1 Å². The number of rotatable bonds is 2. The zero-order valence-electron chi connectivity index (χ0n) is 12.7. The SMILES string of the molecule is Oc1ccccc1F.c1cc(-n2cccn2)cc(-n2cccn2)c1. The number of halogens is 1. The summed E-state index contributed by atoms with van der Waals surface area (Å²) in [5.74, 6) is -0.875. The van der Waals surface area contributed by atoms with Crippen LogP contribution in [0.15, 0.2) is 85.5 Å². The van der Waals surface area contributed by atoms with Crippen LogP contribution in [0, 0.1) is 5.82 Å². The van der Waals surface area contributed by atoms with Gasteiger partial charge in [0.2, 0.25) is 0 Å². The van der Waals surface area contributed by atoms with Gasteiger partial charge in [0.15, 0.2) is 11.6 Å². The van der Waals surface area contributed by atoms with E-state index in [9.17, 15) is 4.39 Å². The number of phenols is 1. The minimum Gasteiger partial charge on any atom is -0.505 e. The van der Waals surface area contributed by atoms with Gasteiger partial charge in [0.25, 0.3) is 0 Å². The molecular weight excluding hydrogens is 307 g/mol. The number of nitrogens with zero attached hydrogens (tertiary/aromatic N) is 4. The van der Waals surface area contributed by atoms with Gasteiger partial charge in [-0.1, -0.05) is 18.2 Å². The second-order valence-corrected chi connectivity index (χ2v) is 4.87. The van der Waals surface area contributed by atoms with Crippen molar-refractivity contribution in [2.24, 2.45) is 0 Å². The van der Waals surface area contributed by atoms with Gasteiger partial charge in [-0.25, -0.2) is 13.8 Å². The fourth-order valence-corrected chi connectivity index (χ4v) is 2.07. The summed E-state index contributed by atoms with van der Waals surface area (Å²) in [4.78, 5) is 0. The largest absolute Gasteiger partial charge is 0.505 e. The van der Waals surface area contributed by atoms with Crippen molar-refractivity contribution in [3.63, 3.8) is 0 Å². The summed E-state index contributed by atoms with van der Waals surface area (Å²) < 4.78 is 15.7. The second-order valence-electron chi connectivity index (χ2n) is 4.87. The van der Waals surface area contributed by atoms with Crippen LogP contribution >= 0.6 is 0 Å². The van der Waals surface area contributed by atoms with Crippen molar-refractivity contribution >= 4 is 0 Å². The van der Waals surface area contributed by atoms with E-state index in [-0.39, 0.29) is 5.75 Å². The van der Waals surface area contributed by atoms with Crippen LogP contribution in [-0.2, 0) is 0 Å². The molecule has 6 heteroatoms. The maximum absolute atomic E-state index is 12.1. The third-order valence-corrected chi connectivity index (χ3v) is 3.22. The van der Waals surface area contributed by atoms with Crippen LogP contribution in [0.4, 0.5) is 4.39 Å². The maximum Gasteiger partial charge on any atom is 0.164 e. The third kappa shape index (κ3) is 3.67. The molecule has 0 aliphatic rings. The van der Waals surface area contributed by atoms with Gasteiger partial charge in [-0.2, -0.15) is 10.2 Å². The van der Waals surface area contributed by atoms with Crippen LogP contribution < -0.4 is 0 Å². The predicted octanol–water partition coefficient (Wildman–Crippen LogP) is 3.59.